The van der Waals surface area contributed by atoms with Crippen molar-refractivity contribution >= 4 is 48.8 Å². The molecule has 0 aliphatic carbocycles. The van der Waals surface area contributed by atoms with Crippen LogP contribution in [0.1, 0.15) is 30.0 Å². The van der Waals surface area contributed by atoms with Gasteiger partial charge in [-0.15, -0.1) is 22.7 Å². The molecule has 3 aromatic heterocycles. The van der Waals surface area contributed by atoms with E-state index in [2.05, 4.69) is 10.4 Å². The predicted octanol–water partition coefficient (Wildman–Crippen LogP) is 4.25. The van der Waals surface area contributed by atoms with Crippen molar-refractivity contribution in [3.8, 4) is 0 Å². The summed E-state index contributed by atoms with van der Waals surface area (Å²) < 4.78 is 3.31. The highest BCUT2D eigenvalue weighted by Crippen LogP contribution is 2.33. The second kappa shape index (κ2) is 7.25. The molecule has 1 unspecified atom stereocenters. The first kappa shape index (κ1) is 17.9. The van der Waals surface area contributed by atoms with Crippen LogP contribution in [0.25, 0.3) is 20.2 Å². The SMILES string of the molecule is CCC(C(=O)NCc1cccs1)n1nc(C)c2sc3ccccc3c2c1=O. The molecule has 0 fully saturated rings. The van der Waals surface area contributed by atoms with Gasteiger partial charge in [0.1, 0.15) is 6.04 Å². The minimum atomic E-state index is -0.626. The highest BCUT2D eigenvalue weighted by molar-refractivity contribution is 7.26. The van der Waals surface area contributed by atoms with Gasteiger partial charge in [-0.25, -0.2) is 4.68 Å². The number of carbonyl (C=O) groups is 1. The van der Waals surface area contributed by atoms with Gasteiger partial charge in [-0.1, -0.05) is 31.2 Å². The van der Waals surface area contributed by atoms with E-state index >= 15 is 0 Å². The fraction of sp³-hybridized carbons (Fsp3) is 0.250. The van der Waals surface area contributed by atoms with Gasteiger partial charge in [0.2, 0.25) is 5.91 Å². The molecule has 7 heteroatoms. The third-order valence-electron chi connectivity index (χ3n) is 4.61. The summed E-state index contributed by atoms with van der Waals surface area (Å²) in [5.74, 6) is -0.182. The van der Waals surface area contributed by atoms with E-state index in [1.54, 1.807) is 22.7 Å². The zero-order chi connectivity index (χ0) is 19.0. The molecule has 27 heavy (non-hydrogen) atoms. The summed E-state index contributed by atoms with van der Waals surface area (Å²) in [4.78, 5) is 27.1. The van der Waals surface area contributed by atoms with E-state index in [1.165, 1.54) is 4.68 Å². The zero-order valence-electron chi connectivity index (χ0n) is 15.1. The minimum Gasteiger partial charge on any atom is -0.349 e. The van der Waals surface area contributed by atoms with E-state index in [0.717, 1.165) is 25.4 Å². The number of amides is 1. The zero-order valence-corrected chi connectivity index (χ0v) is 16.7. The lowest BCUT2D eigenvalue weighted by atomic mass is 10.1. The van der Waals surface area contributed by atoms with E-state index in [9.17, 15) is 9.59 Å². The maximum Gasteiger partial charge on any atom is 0.276 e. The largest absolute Gasteiger partial charge is 0.349 e. The Labute approximate surface area is 164 Å². The van der Waals surface area contributed by atoms with Gasteiger partial charge >= 0.3 is 0 Å². The third kappa shape index (κ3) is 3.17. The average Bonchev–Trinajstić information content (AvgIpc) is 3.32. The van der Waals surface area contributed by atoms with Crippen molar-refractivity contribution < 1.29 is 4.79 Å². The van der Waals surface area contributed by atoms with Gasteiger partial charge in [-0.05, 0) is 30.9 Å². The molecule has 138 valence electrons. The fourth-order valence-corrected chi connectivity index (χ4v) is 5.04. The van der Waals surface area contributed by atoms with E-state index in [0.29, 0.717) is 18.4 Å². The molecule has 0 saturated heterocycles. The van der Waals surface area contributed by atoms with Gasteiger partial charge in [0.15, 0.2) is 0 Å². The van der Waals surface area contributed by atoms with Gasteiger partial charge in [0.25, 0.3) is 5.56 Å². The highest BCUT2D eigenvalue weighted by atomic mass is 32.1. The Hall–Kier alpha value is -2.51. The van der Waals surface area contributed by atoms with Gasteiger partial charge < -0.3 is 5.32 Å². The average molecular weight is 398 g/mol. The number of benzene rings is 1. The molecule has 3 heterocycles. The number of rotatable bonds is 5. The van der Waals surface area contributed by atoms with Crippen molar-refractivity contribution in [2.75, 3.05) is 0 Å². The lowest BCUT2D eigenvalue weighted by Gasteiger charge is -2.17. The molecular weight excluding hydrogens is 378 g/mol. The number of thiophene rings is 2. The molecule has 0 bridgehead atoms. The normalized spacial score (nSPS) is 12.5. The molecule has 5 nitrogen and oxygen atoms in total. The highest BCUT2D eigenvalue weighted by Gasteiger charge is 2.24. The van der Waals surface area contributed by atoms with Crippen molar-refractivity contribution in [2.45, 2.75) is 32.9 Å². The van der Waals surface area contributed by atoms with Crippen LogP contribution in [0.5, 0.6) is 0 Å². The molecule has 0 aliphatic rings. The standard InChI is InChI=1S/C20H19N3O2S2/c1-3-15(19(24)21-11-13-7-6-10-26-13)23-20(25)17-14-8-4-5-9-16(14)27-18(17)12(2)22-23/h4-10,15H,3,11H2,1-2H3,(H,21,24). The van der Waals surface area contributed by atoms with Crippen LogP contribution in [0.15, 0.2) is 46.6 Å². The maximum absolute atomic E-state index is 13.2. The molecule has 1 aromatic carbocycles. The first-order chi connectivity index (χ1) is 13.1. The van der Waals surface area contributed by atoms with Gasteiger partial charge in [-0.2, -0.15) is 5.10 Å². The Morgan fingerprint density at radius 3 is 2.81 bits per heavy atom. The molecule has 0 aliphatic heterocycles. The Morgan fingerprint density at radius 2 is 2.07 bits per heavy atom. The number of carbonyl (C=O) groups excluding carboxylic acids is 1. The number of aromatic nitrogens is 2. The van der Waals surface area contributed by atoms with E-state index in [-0.39, 0.29) is 11.5 Å². The van der Waals surface area contributed by atoms with Crippen LogP contribution in [0.4, 0.5) is 0 Å². The summed E-state index contributed by atoms with van der Waals surface area (Å²) in [5, 5.41) is 11.0. The van der Waals surface area contributed by atoms with Crippen molar-refractivity contribution in [3.05, 3.63) is 62.7 Å². The fourth-order valence-electron chi connectivity index (χ4n) is 3.27. The number of nitrogens with zero attached hydrogens (tertiary/aromatic N) is 2. The summed E-state index contributed by atoms with van der Waals surface area (Å²) in [5.41, 5.74) is 0.571. The Bertz CT molecular complexity index is 1180. The number of nitrogens with one attached hydrogen (secondary N) is 1. The summed E-state index contributed by atoms with van der Waals surface area (Å²) in [6.45, 7) is 4.25. The maximum atomic E-state index is 13.2. The van der Waals surface area contributed by atoms with Crippen LogP contribution in [0.2, 0.25) is 0 Å². The molecule has 0 radical (unpaired) electrons. The molecule has 1 amide bonds. The van der Waals surface area contributed by atoms with Crippen molar-refractivity contribution in [1.29, 1.82) is 0 Å². The van der Waals surface area contributed by atoms with Gasteiger partial charge in [0, 0.05) is 15.0 Å². The van der Waals surface area contributed by atoms with E-state index in [1.807, 2.05) is 55.6 Å². The minimum absolute atomic E-state index is 0.182. The quantitative estimate of drug-likeness (QED) is 0.548. The van der Waals surface area contributed by atoms with Crippen molar-refractivity contribution in [2.24, 2.45) is 0 Å². The first-order valence-corrected chi connectivity index (χ1v) is 10.5. The number of aryl methyl sites for hydroxylation is 1. The molecule has 1 N–H and O–H groups in total. The van der Waals surface area contributed by atoms with E-state index in [4.69, 9.17) is 0 Å². The number of hydrogen-bond donors (Lipinski definition) is 1. The predicted molar refractivity (Wildman–Crippen MR) is 112 cm³/mol. The lowest BCUT2D eigenvalue weighted by molar-refractivity contribution is -0.125. The molecule has 0 saturated carbocycles. The summed E-state index contributed by atoms with van der Waals surface area (Å²) in [6.07, 6.45) is 0.496. The molecular formula is C20H19N3O2S2. The van der Waals surface area contributed by atoms with Gasteiger partial charge in [0.05, 0.1) is 22.3 Å². The van der Waals surface area contributed by atoms with Crippen LogP contribution in [0, 0.1) is 6.92 Å². The monoisotopic (exact) mass is 397 g/mol. The van der Waals surface area contributed by atoms with E-state index < -0.39 is 6.04 Å². The van der Waals surface area contributed by atoms with Crippen LogP contribution >= 0.6 is 22.7 Å². The first-order valence-electron chi connectivity index (χ1n) is 8.81. The topological polar surface area (TPSA) is 64.0 Å². The third-order valence-corrected chi connectivity index (χ3v) is 6.76. The summed E-state index contributed by atoms with van der Waals surface area (Å²) >= 11 is 3.16. The van der Waals surface area contributed by atoms with Crippen LogP contribution in [-0.2, 0) is 11.3 Å². The van der Waals surface area contributed by atoms with Crippen LogP contribution in [-0.4, -0.2) is 15.7 Å². The summed E-state index contributed by atoms with van der Waals surface area (Å²) in [6, 6.07) is 11.2. The van der Waals surface area contributed by atoms with Crippen LogP contribution in [0.3, 0.4) is 0 Å². The van der Waals surface area contributed by atoms with Crippen molar-refractivity contribution in [3.63, 3.8) is 0 Å². The van der Waals surface area contributed by atoms with Crippen LogP contribution < -0.4 is 10.9 Å². The van der Waals surface area contributed by atoms with Crippen molar-refractivity contribution in [1.82, 2.24) is 15.1 Å². The molecule has 4 aromatic rings. The lowest BCUT2D eigenvalue weighted by Crippen LogP contribution is -2.38. The van der Waals surface area contributed by atoms with Gasteiger partial charge in [-0.3, -0.25) is 9.59 Å². The smallest absolute Gasteiger partial charge is 0.276 e. The summed E-state index contributed by atoms with van der Waals surface area (Å²) in [7, 11) is 0. The molecule has 0 spiro atoms. The molecule has 4 rings (SSSR count). The number of fused-ring (bicyclic) bond motifs is 3. The number of hydrogen-bond acceptors (Lipinski definition) is 5. The second-order valence-electron chi connectivity index (χ2n) is 6.36. The second-order valence-corrected chi connectivity index (χ2v) is 8.44. The Morgan fingerprint density at radius 1 is 1.26 bits per heavy atom. The Balaban J connectivity index is 1.77. The Kier molecular flexibility index (Phi) is 4.80. The molecule has 1 atom stereocenters.